The summed E-state index contributed by atoms with van der Waals surface area (Å²) in [7, 11) is 6.36. The van der Waals surface area contributed by atoms with Crippen LogP contribution < -0.4 is 0 Å². The summed E-state index contributed by atoms with van der Waals surface area (Å²) in [5.41, 5.74) is -1.36. The SMILES string of the molecule is CC[C@H]1OC(=O)C(C)C(=O)[C@H](C)[C@@H](O[C@@H]2O[C@H](CN(C(=O)OCc3ccccc3)C3CC3)CC(N(C)C)[C@H]2C)[C@](C)(OC)C[C@@H](C)CN(C)[C@H](C)[C@H]2N(COCC[Si](C)(C)C)C(=O)O[C@]12C. The van der Waals surface area contributed by atoms with Crippen LogP contribution >= 0.6 is 0 Å². The van der Waals surface area contributed by atoms with Crippen molar-refractivity contribution < 1.29 is 52.3 Å². The number of ketones is 1. The molecule has 0 spiro atoms. The Labute approximate surface area is 396 Å². The number of amides is 2. The predicted molar refractivity (Wildman–Crippen MR) is 255 cm³/mol. The number of rotatable bonds is 15. The molecule has 0 bridgehead atoms. The monoisotopic (exact) mass is 945 g/mol. The third-order valence-corrected chi connectivity index (χ3v) is 16.6. The number of cyclic esters (lactones) is 1. The van der Waals surface area contributed by atoms with E-state index >= 15 is 0 Å². The molecule has 1 aromatic rings. The zero-order valence-corrected chi connectivity index (χ0v) is 43.9. The summed E-state index contributed by atoms with van der Waals surface area (Å²) in [6.45, 7) is 23.9. The van der Waals surface area contributed by atoms with Crippen LogP contribution in [0.2, 0.25) is 25.7 Å². The summed E-state index contributed by atoms with van der Waals surface area (Å²) < 4.78 is 45.1. The largest absolute Gasteiger partial charge is 0.458 e. The van der Waals surface area contributed by atoms with E-state index in [-0.39, 0.29) is 61.3 Å². The van der Waals surface area contributed by atoms with Gasteiger partial charge in [0.2, 0.25) is 0 Å². The lowest BCUT2D eigenvalue weighted by molar-refractivity contribution is -0.284. The van der Waals surface area contributed by atoms with Crippen LogP contribution in [0.5, 0.6) is 0 Å². The Morgan fingerprint density at radius 1 is 1.00 bits per heavy atom. The maximum atomic E-state index is 14.8. The molecular formula is C50H84N4O11Si. The van der Waals surface area contributed by atoms with Crippen molar-refractivity contribution in [1.82, 2.24) is 19.6 Å². The van der Waals surface area contributed by atoms with E-state index in [9.17, 15) is 19.2 Å². The van der Waals surface area contributed by atoms with Gasteiger partial charge in [-0.15, -0.1) is 0 Å². The first kappa shape index (κ1) is 53.8. The van der Waals surface area contributed by atoms with Crippen molar-refractivity contribution in [2.45, 2.75) is 180 Å². The molecule has 1 aliphatic carbocycles. The second kappa shape index (κ2) is 22.5. The fourth-order valence-electron chi connectivity index (χ4n) is 10.6. The highest BCUT2D eigenvalue weighted by molar-refractivity contribution is 6.76. The van der Waals surface area contributed by atoms with Gasteiger partial charge in [0.15, 0.2) is 17.7 Å². The highest BCUT2D eigenvalue weighted by atomic mass is 28.3. The van der Waals surface area contributed by atoms with E-state index in [1.165, 1.54) is 0 Å². The molecule has 66 heavy (non-hydrogen) atoms. The fraction of sp³-hybridized carbons (Fsp3) is 0.800. The first-order valence-corrected chi connectivity index (χ1v) is 28.2. The third-order valence-electron chi connectivity index (χ3n) is 14.9. The molecule has 0 aromatic heterocycles. The Kier molecular flexibility index (Phi) is 18.4. The number of ether oxygens (including phenoxy) is 7. The first-order chi connectivity index (χ1) is 30.9. The molecule has 3 heterocycles. The van der Waals surface area contributed by atoms with Gasteiger partial charge < -0.3 is 47.9 Å². The molecule has 4 fully saturated rings. The number of benzene rings is 1. The summed E-state index contributed by atoms with van der Waals surface area (Å²) >= 11 is 0. The van der Waals surface area contributed by atoms with Crippen LogP contribution in [-0.4, -0.2) is 166 Å². The molecule has 2 amide bonds. The number of nitrogens with zero attached hydrogens (tertiary/aromatic N) is 4. The molecule has 15 nitrogen and oxygen atoms in total. The van der Waals surface area contributed by atoms with Crippen LogP contribution in [0.15, 0.2) is 30.3 Å². The van der Waals surface area contributed by atoms with E-state index in [0.29, 0.717) is 39.0 Å². The highest BCUT2D eigenvalue weighted by Crippen LogP contribution is 2.42. The van der Waals surface area contributed by atoms with Gasteiger partial charge in [-0.05, 0) is 98.5 Å². The normalized spacial score (nSPS) is 35.4. The summed E-state index contributed by atoms with van der Waals surface area (Å²) in [5, 5.41) is 0. The van der Waals surface area contributed by atoms with Crippen molar-refractivity contribution in [3.8, 4) is 0 Å². The van der Waals surface area contributed by atoms with Gasteiger partial charge in [-0.3, -0.25) is 14.5 Å². The van der Waals surface area contributed by atoms with Crippen LogP contribution in [-0.2, 0) is 49.4 Å². The number of likely N-dealkylation sites (N-methyl/N-ethyl adjacent to an activating group) is 1. The van der Waals surface area contributed by atoms with Crippen LogP contribution in [0.3, 0.4) is 0 Å². The van der Waals surface area contributed by atoms with Gasteiger partial charge in [0.25, 0.3) is 0 Å². The molecule has 3 saturated heterocycles. The van der Waals surface area contributed by atoms with E-state index in [1.807, 2.05) is 72.2 Å². The van der Waals surface area contributed by atoms with Gasteiger partial charge in [0.05, 0.1) is 30.4 Å². The number of hydrogen-bond acceptors (Lipinski definition) is 13. The van der Waals surface area contributed by atoms with E-state index in [0.717, 1.165) is 24.4 Å². The van der Waals surface area contributed by atoms with Gasteiger partial charge in [-0.25, -0.2) is 9.59 Å². The Morgan fingerprint density at radius 3 is 2.26 bits per heavy atom. The molecule has 4 aliphatic rings. The van der Waals surface area contributed by atoms with Crippen LogP contribution in [0.25, 0.3) is 0 Å². The standard InChI is InChI=1S/C50H84N4O11Si/c1-16-41-50(8)43(54(48(58)65-50)31-60-24-25-66(13,14)15)36(6)52(11)28-32(2)27-49(7,59-12)44(34(4)42(55)35(5)45(56)63-41)64-46-33(3)40(51(9)10)26-39(62-46)29-53(38-22-23-38)47(57)61-30-37-20-18-17-19-21-37/h17-21,32-36,38-41,43-44,46H,16,22-31H2,1-15H3/t32-,33-,34+,35?,36-,39+,40?,41-,43-,44-,46+,49-,50-/m1/s1. The number of carbonyl (C=O) groups is 4. The number of fused-ring (bicyclic) bond motifs is 1. The molecule has 1 aromatic carbocycles. The van der Waals surface area contributed by atoms with Crippen molar-refractivity contribution in [2.24, 2.45) is 23.7 Å². The Balaban J connectivity index is 1.44. The maximum Gasteiger partial charge on any atom is 0.412 e. The second-order valence-corrected chi connectivity index (χ2v) is 27.4. The van der Waals surface area contributed by atoms with E-state index in [2.05, 4.69) is 50.2 Å². The topological polar surface area (TPSA) is 146 Å². The molecule has 13 atom stereocenters. The van der Waals surface area contributed by atoms with Crippen LogP contribution in [0.1, 0.15) is 93.1 Å². The van der Waals surface area contributed by atoms with Crippen molar-refractivity contribution in [2.75, 3.05) is 54.7 Å². The summed E-state index contributed by atoms with van der Waals surface area (Å²) in [6, 6.07) is 9.89. The number of esters is 1. The quantitative estimate of drug-likeness (QED) is 0.0558. The molecule has 0 N–H and O–H groups in total. The van der Waals surface area contributed by atoms with E-state index in [1.54, 1.807) is 30.8 Å². The van der Waals surface area contributed by atoms with Crippen molar-refractivity contribution >= 4 is 32.0 Å². The van der Waals surface area contributed by atoms with Gasteiger partial charge >= 0.3 is 18.2 Å². The average Bonchev–Trinajstić information content (AvgIpc) is 4.07. The van der Waals surface area contributed by atoms with Crippen molar-refractivity contribution in [1.29, 1.82) is 0 Å². The minimum absolute atomic E-state index is 0.00454. The number of methoxy groups -OCH3 is 1. The zero-order chi connectivity index (χ0) is 48.9. The molecule has 374 valence electrons. The fourth-order valence-corrected chi connectivity index (χ4v) is 11.3. The molecule has 2 unspecified atom stereocenters. The molecule has 3 aliphatic heterocycles. The Morgan fingerprint density at radius 2 is 1.67 bits per heavy atom. The smallest absolute Gasteiger partial charge is 0.412 e. The Bertz CT molecular complexity index is 1780. The van der Waals surface area contributed by atoms with Crippen LogP contribution in [0.4, 0.5) is 9.59 Å². The maximum absolute atomic E-state index is 14.8. The first-order valence-electron chi connectivity index (χ1n) is 24.5. The lowest BCUT2D eigenvalue weighted by atomic mass is 9.78. The summed E-state index contributed by atoms with van der Waals surface area (Å²) in [4.78, 5) is 64.4. The second-order valence-electron chi connectivity index (χ2n) is 21.8. The lowest BCUT2D eigenvalue weighted by Crippen LogP contribution is -2.61. The molecule has 1 saturated carbocycles. The van der Waals surface area contributed by atoms with Gasteiger partial charge in [-0.1, -0.05) is 77.7 Å². The average molecular weight is 945 g/mol. The van der Waals surface area contributed by atoms with E-state index in [4.69, 9.17) is 33.2 Å². The zero-order valence-electron chi connectivity index (χ0n) is 42.9. The Hall–Kier alpha value is -3.12. The van der Waals surface area contributed by atoms with Gasteiger partial charge in [-0.2, -0.15) is 0 Å². The highest BCUT2D eigenvalue weighted by Gasteiger charge is 2.60. The number of Topliss-reactive ketones (excluding diaryl/α,β-unsaturated/α-hetero) is 1. The predicted octanol–water partition coefficient (Wildman–Crippen LogP) is 7.67. The number of hydrogen-bond donors (Lipinski definition) is 0. The number of carbonyl (C=O) groups excluding carboxylic acids is 4. The van der Waals surface area contributed by atoms with Crippen molar-refractivity contribution in [3.05, 3.63) is 35.9 Å². The van der Waals surface area contributed by atoms with E-state index < -0.39 is 67.7 Å². The van der Waals surface area contributed by atoms with Crippen molar-refractivity contribution in [3.63, 3.8) is 0 Å². The summed E-state index contributed by atoms with van der Waals surface area (Å²) in [5.74, 6) is -3.21. The molecule has 0 radical (unpaired) electrons. The van der Waals surface area contributed by atoms with Crippen LogP contribution in [0, 0.1) is 23.7 Å². The van der Waals surface area contributed by atoms with Gasteiger partial charge in [0, 0.05) is 58.3 Å². The lowest BCUT2D eigenvalue weighted by Gasteiger charge is -2.48. The molecular weight excluding hydrogens is 861 g/mol. The van der Waals surface area contributed by atoms with Gasteiger partial charge in [0.1, 0.15) is 25.4 Å². The summed E-state index contributed by atoms with van der Waals surface area (Å²) in [6.07, 6.45) is -0.480. The third kappa shape index (κ3) is 12.9. The molecule has 16 heteroatoms. The minimum atomic E-state index is -1.39. The molecule has 5 rings (SSSR count). The minimum Gasteiger partial charge on any atom is -0.458 e.